The number of phenols is 1. The van der Waals surface area contributed by atoms with Crippen molar-refractivity contribution in [2.45, 2.75) is 13.0 Å². The zero-order valence-corrected chi connectivity index (χ0v) is 13.9. The fourth-order valence-corrected chi connectivity index (χ4v) is 1.98. The summed E-state index contributed by atoms with van der Waals surface area (Å²) in [7, 11) is 1.44. The van der Waals surface area contributed by atoms with Crippen LogP contribution in [0.25, 0.3) is 0 Å². The highest BCUT2D eigenvalue weighted by molar-refractivity contribution is 5.97. The van der Waals surface area contributed by atoms with E-state index in [-0.39, 0.29) is 11.7 Å². The van der Waals surface area contributed by atoms with Gasteiger partial charge in [-0.3, -0.25) is 9.59 Å². The highest BCUT2D eigenvalue weighted by atomic mass is 16.5. The fourth-order valence-electron chi connectivity index (χ4n) is 1.98. The molecule has 0 fully saturated rings. The average molecular weight is 341 g/mol. The molecular weight excluding hydrogens is 322 g/mol. The minimum absolute atomic E-state index is 0.0148. The van der Waals surface area contributed by atoms with Crippen LogP contribution < -0.4 is 15.5 Å². The van der Waals surface area contributed by atoms with Gasteiger partial charge in [0, 0.05) is 5.56 Å². The molecule has 2 amide bonds. The van der Waals surface area contributed by atoms with Crippen LogP contribution in [0.3, 0.4) is 0 Å². The molecule has 0 saturated heterocycles. The number of benzene rings is 2. The molecular formula is C18H19N3O4. The molecule has 2 aromatic rings. The second-order valence-corrected chi connectivity index (χ2v) is 5.23. The molecule has 2 aromatic carbocycles. The molecule has 0 unspecified atom stereocenters. The van der Waals surface area contributed by atoms with E-state index in [1.165, 1.54) is 19.4 Å². The van der Waals surface area contributed by atoms with Crippen molar-refractivity contribution in [1.29, 1.82) is 0 Å². The first-order valence-electron chi connectivity index (χ1n) is 7.57. The van der Waals surface area contributed by atoms with E-state index in [0.29, 0.717) is 16.9 Å². The first-order valence-corrected chi connectivity index (χ1v) is 7.57. The summed E-state index contributed by atoms with van der Waals surface area (Å²) in [5.74, 6) is -0.471. The molecule has 25 heavy (non-hydrogen) atoms. The van der Waals surface area contributed by atoms with Gasteiger partial charge >= 0.3 is 0 Å². The maximum absolute atomic E-state index is 12.0. The van der Waals surface area contributed by atoms with Crippen LogP contribution in [-0.2, 0) is 4.79 Å². The van der Waals surface area contributed by atoms with Crippen LogP contribution in [0.1, 0.15) is 22.8 Å². The minimum atomic E-state index is -0.751. The lowest BCUT2D eigenvalue weighted by Gasteiger charge is -2.12. The summed E-state index contributed by atoms with van der Waals surface area (Å²) in [4.78, 5) is 24.0. The van der Waals surface area contributed by atoms with Gasteiger partial charge < -0.3 is 15.2 Å². The lowest BCUT2D eigenvalue weighted by atomic mass is 10.2. The Hall–Kier alpha value is -3.35. The van der Waals surface area contributed by atoms with Gasteiger partial charge in [0.05, 0.1) is 13.3 Å². The maximum atomic E-state index is 12.0. The zero-order valence-electron chi connectivity index (χ0n) is 13.9. The Balaban J connectivity index is 1.90. The smallest absolute Gasteiger partial charge is 0.262 e. The Bertz CT molecular complexity index is 775. The molecule has 2 rings (SSSR count). The van der Waals surface area contributed by atoms with Crippen molar-refractivity contribution in [1.82, 2.24) is 10.7 Å². The Morgan fingerprint density at radius 1 is 1.20 bits per heavy atom. The summed E-state index contributed by atoms with van der Waals surface area (Å²) in [5, 5.41) is 15.9. The third-order valence-corrected chi connectivity index (χ3v) is 3.37. The van der Waals surface area contributed by atoms with Crippen molar-refractivity contribution >= 4 is 18.0 Å². The van der Waals surface area contributed by atoms with E-state index in [4.69, 9.17) is 4.74 Å². The highest BCUT2D eigenvalue weighted by Gasteiger charge is 2.15. The number of ether oxygens (including phenoxy) is 1. The first kappa shape index (κ1) is 18.0. The topological polar surface area (TPSA) is 100 Å². The standard InChI is InChI=1S/C18H19N3O4/c1-12(20-18(24)14-6-4-3-5-7-14)17(23)21-19-11-13-8-9-15(22)16(10-13)25-2/h3-12,22H,1-2H3,(H,20,24)(H,21,23)/b19-11+/t12-/m0/s1. The van der Waals surface area contributed by atoms with Crippen LogP contribution in [0.5, 0.6) is 11.5 Å². The van der Waals surface area contributed by atoms with E-state index in [1.807, 2.05) is 0 Å². The number of nitrogens with zero attached hydrogens (tertiary/aromatic N) is 1. The lowest BCUT2D eigenvalue weighted by Crippen LogP contribution is -2.43. The molecule has 0 aliphatic rings. The average Bonchev–Trinajstić information content (AvgIpc) is 2.63. The van der Waals surface area contributed by atoms with Gasteiger partial charge in [0.25, 0.3) is 11.8 Å². The van der Waals surface area contributed by atoms with Crippen molar-refractivity contribution in [3.63, 3.8) is 0 Å². The van der Waals surface area contributed by atoms with E-state index in [0.717, 1.165) is 0 Å². The van der Waals surface area contributed by atoms with E-state index < -0.39 is 11.9 Å². The Kier molecular flexibility index (Phi) is 6.11. The SMILES string of the molecule is COc1cc(/C=N/NC(=O)[C@H](C)NC(=O)c2ccccc2)ccc1O. The second kappa shape index (κ2) is 8.49. The molecule has 0 heterocycles. The van der Waals surface area contributed by atoms with Crippen molar-refractivity contribution in [3.05, 3.63) is 59.7 Å². The minimum Gasteiger partial charge on any atom is -0.504 e. The number of phenolic OH excluding ortho intramolecular Hbond substituents is 1. The van der Waals surface area contributed by atoms with Crippen LogP contribution in [-0.4, -0.2) is 36.3 Å². The molecule has 1 atom stereocenters. The number of methoxy groups -OCH3 is 1. The summed E-state index contributed by atoms with van der Waals surface area (Å²) in [5.41, 5.74) is 3.46. The van der Waals surface area contributed by atoms with Crippen molar-refractivity contribution < 1.29 is 19.4 Å². The number of carbonyl (C=O) groups excluding carboxylic acids is 2. The number of hydrogen-bond donors (Lipinski definition) is 3. The Labute approximate surface area is 145 Å². The monoisotopic (exact) mass is 341 g/mol. The van der Waals surface area contributed by atoms with Crippen LogP contribution in [0.2, 0.25) is 0 Å². The van der Waals surface area contributed by atoms with Crippen LogP contribution in [0.4, 0.5) is 0 Å². The number of hydrazone groups is 1. The molecule has 0 aliphatic heterocycles. The molecule has 0 aliphatic carbocycles. The number of carbonyl (C=O) groups is 2. The molecule has 0 saturated carbocycles. The molecule has 0 bridgehead atoms. The van der Waals surface area contributed by atoms with Crippen molar-refractivity contribution in [3.8, 4) is 11.5 Å². The van der Waals surface area contributed by atoms with Gasteiger partial charge in [0.15, 0.2) is 11.5 Å². The maximum Gasteiger partial charge on any atom is 0.262 e. The third-order valence-electron chi connectivity index (χ3n) is 3.37. The second-order valence-electron chi connectivity index (χ2n) is 5.23. The number of amides is 2. The van der Waals surface area contributed by atoms with E-state index >= 15 is 0 Å². The largest absolute Gasteiger partial charge is 0.504 e. The predicted molar refractivity (Wildman–Crippen MR) is 93.8 cm³/mol. The Morgan fingerprint density at radius 3 is 2.60 bits per heavy atom. The van der Waals surface area contributed by atoms with Gasteiger partial charge in [-0.2, -0.15) is 5.10 Å². The van der Waals surface area contributed by atoms with Crippen LogP contribution in [0, 0.1) is 0 Å². The summed E-state index contributed by atoms with van der Waals surface area (Å²) < 4.78 is 4.99. The van der Waals surface area contributed by atoms with Crippen LogP contribution >= 0.6 is 0 Å². The first-order chi connectivity index (χ1) is 12.0. The number of nitrogens with one attached hydrogen (secondary N) is 2. The van der Waals surface area contributed by atoms with E-state index in [2.05, 4.69) is 15.8 Å². The quantitative estimate of drug-likeness (QED) is 0.550. The van der Waals surface area contributed by atoms with Crippen molar-refractivity contribution in [2.24, 2.45) is 5.10 Å². The van der Waals surface area contributed by atoms with Gasteiger partial charge in [-0.25, -0.2) is 5.43 Å². The molecule has 3 N–H and O–H groups in total. The van der Waals surface area contributed by atoms with Crippen molar-refractivity contribution in [2.75, 3.05) is 7.11 Å². The van der Waals surface area contributed by atoms with E-state index in [1.54, 1.807) is 49.4 Å². The summed E-state index contributed by atoms with van der Waals surface area (Å²) in [6.07, 6.45) is 1.41. The Morgan fingerprint density at radius 2 is 1.92 bits per heavy atom. The molecule has 130 valence electrons. The molecule has 0 aromatic heterocycles. The lowest BCUT2D eigenvalue weighted by molar-refractivity contribution is -0.122. The number of aromatic hydroxyl groups is 1. The van der Waals surface area contributed by atoms with Gasteiger partial charge in [-0.1, -0.05) is 18.2 Å². The number of rotatable bonds is 6. The summed E-state index contributed by atoms with van der Waals surface area (Å²) >= 11 is 0. The van der Waals surface area contributed by atoms with Gasteiger partial charge in [-0.05, 0) is 42.8 Å². The van der Waals surface area contributed by atoms with Gasteiger partial charge in [0.2, 0.25) is 0 Å². The number of hydrogen-bond acceptors (Lipinski definition) is 5. The summed E-state index contributed by atoms with van der Waals surface area (Å²) in [6.45, 7) is 1.56. The molecule has 7 heteroatoms. The molecule has 7 nitrogen and oxygen atoms in total. The fraction of sp³-hybridized carbons (Fsp3) is 0.167. The van der Waals surface area contributed by atoms with Crippen LogP contribution in [0.15, 0.2) is 53.6 Å². The predicted octanol–water partition coefficient (Wildman–Crippen LogP) is 1.67. The zero-order chi connectivity index (χ0) is 18.2. The molecule has 0 spiro atoms. The van der Waals surface area contributed by atoms with Gasteiger partial charge in [0.1, 0.15) is 6.04 Å². The summed E-state index contributed by atoms with van der Waals surface area (Å²) in [6, 6.07) is 12.5. The molecule has 0 radical (unpaired) electrons. The normalized spacial score (nSPS) is 11.8. The van der Waals surface area contributed by atoms with Gasteiger partial charge in [-0.15, -0.1) is 0 Å². The highest BCUT2D eigenvalue weighted by Crippen LogP contribution is 2.25. The van der Waals surface area contributed by atoms with E-state index in [9.17, 15) is 14.7 Å². The third kappa shape index (κ3) is 5.07.